The largest absolute Gasteiger partial charge is 0.338 e. The van der Waals surface area contributed by atoms with Crippen LogP contribution in [0.3, 0.4) is 0 Å². The number of nitrogens with zero attached hydrogens (tertiary/aromatic N) is 3. The maximum Gasteiger partial charge on any atom is 0.253 e. The Morgan fingerprint density at radius 1 is 1.21 bits per heavy atom. The lowest BCUT2D eigenvalue weighted by Crippen LogP contribution is -2.43. The molecule has 1 aromatic carbocycles. The summed E-state index contributed by atoms with van der Waals surface area (Å²) in [5.41, 5.74) is 2.53. The Morgan fingerprint density at radius 2 is 2.00 bits per heavy atom. The van der Waals surface area contributed by atoms with Gasteiger partial charge in [0.25, 0.3) is 5.91 Å². The van der Waals surface area contributed by atoms with Crippen LogP contribution in [0.1, 0.15) is 28.8 Å². The third kappa shape index (κ3) is 3.67. The summed E-state index contributed by atoms with van der Waals surface area (Å²) < 4.78 is 2.70. The second kappa shape index (κ2) is 7.75. The van der Waals surface area contributed by atoms with Crippen LogP contribution in [0.15, 0.2) is 53.3 Å². The molecular formula is C21H21BrN4O2. The molecule has 0 bridgehead atoms. The smallest absolute Gasteiger partial charge is 0.253 e. The van der Waals surface area contributed by atoms with Gasteiger partial charge in [-0.05, 0) is 60.0 Å². The Morgan fingerprint density at radius 3 is 2.79 bits per heavy atom. The van der Waals surface area contributed by atoms with Gasteiger partial charge in [0.05, 0.1) is 16.6 Å². The Kier molecular flexibility index (Phi) is 5.17. The van der Waals surface area contributed by atoms with Crippen LogP contribution in [0.4, 0.5) is 5.82 Å². The summed E-state index contributed by atoms with van der Waals surface area (Å²) in [7, 11) is 0. The van der Waals surface area contributed by atoms with Gasteiger partial charge in [0.15, 0.2) is 5.65 Å². The number of hydrogen-bond acceptors (Lipinski definition) is 3. The van der Waals surface area contributed by atoms with E-state index in [4.69, 9.17) is 0 Å². The summed E-state index contributed by atoms with van der Waals surface area (Å²) in [4.78, 5) is 31.7. The number of amides is 2. The zero-order valence-corrected chi connectivity index (χ0v) is 17.1. The first kappa shape index (κ1) is 18.7. The van der Waals surface area contributed by atoms with E-state index in [-0.39, 0.29) is 17.7 Å². The molecule has 1 aliphatic rings. The summed E-state index contributed by atoms with van der Waals surface area (Å²) in [5, 5.41) is 2.97. The predicted octanol–water partition coefficient (Wildman–Crippen LogP) is 3.90. The molecule has 3 heterocycles. The highest BCUT2D eigenvalue weighted by Gasteiger charge is 2.29. The van der Waals surface area contributed by atoms with E-state index >= 15 is 0 Å². The molecular weight excluding hydrogens is 420 g/mol. The number of anilines is 1. The fraction of sp³-hybridized carbons (Fsp3) is 0.286. The molecule has 144 valence electrons. The summed E-state index contributed by atoms with van der Waals surface area (Å²) in [6, 6.07) is 11.4. The van der Waals surface area contributed by atoms with Crippen molar-refractivity contribution >= 4 is 39.2 Å². The molecule has 1 aliphatic heterocycles. The Hall–Kier alpha value is -2.67. The van der Waals surface area contributed by atoms with Gasteiger partial charge in [-0.1, -0.05) is 17.7 Å². The molecule has 1 saturated heterocycles. The fourth-order valence-electron chi connectivity index (χ4n) is 3.55. The number of aromatic nitrogens is 2. The molecule has 1 fully saturated rings. The molecule has 7 heteroatoms. The minimum absolute atomic E-state index is 0.0174. The predicted molar refractivity (Wildman–Crippen MR) is 111 cm³/mol. The van der Waals surface area contributed by atoms with Crippen molar-refractivity contribution in [1.29, 1.82) is 0 Å². The highest BCUT2D eigenvalue weighted by Crippen LogP contribution is 2.23. The summed E-state index contributed by atoms with van der Waals surface area (Å²) >= 11 is 3.46. The van der Waals surface area contributed by atoms with E-state index in [0.717, 1.165) is 28.5 Å². The summed E-state index contributed by atoms with van der Waals surface area (Å²) in [6.07, 6.45) is 5.09. The normalized spacial score (nSPS) is 16.9. The van der Waals surface area contributed by atoms with Crippen molar-refractivity contribution in [2.75, 3.05) is 18.4 Å². The molecule has 6 nitrogen and oxygen atoms in total. The first-order valence-corrected chi connectivity index (χ1v) is 10.1. The average Bonchev–Trinajstić information content (AvgIpc) is 3.12. The zero-order valence-electron chi connectivity index (χ0n) is 15.6. The third-order valence-electron chi connectivity index (χ3n) is 5.12. The fourth-order valence-corrected chi connectivity index (χ4v) is 4.00. The van der Waals surface area contributed by atoms with Gasteiger partial charge in [-0.15, -0.1) is 0 Å². The van der Waals surface area contributed by atoms with Crippen LogP contribution >= 0.6 is 15.9 Å². The first-order valence-electron chi connectivity index (χ1n) is 9.31. The van der Waals surface area contributed by atoms with Crippen LogP contribution in [0.2, 0.25) is 0 Å². The molecule has 0 aliphatic carbocycles. The SMILES string of the molecule is Cc1ccc(C(=O)N2CCCC(C(=O)Nc3cnc4c(Br)cccn34)C2)cc1. The number of halogens is 1. The molecule has 0 spiro atoms. The lowest BCUT2D eigenvalue weighted by atomic mass is 9.96. The van der Waals surface area contributed by atoms with Crippen LogP contribution in [-0.2, 0) is 4.79 Å². The number of carbonyl (C=O) groups excluding carboxylic acids is 2. The van der Waals surface area contributed by atoms with Gasteiger partial charge in [-0.3, -0.25) is 14.0 Å². The lowest BCUT2D eigenvalue weighted by molar-refractivity contribution is -0.121. The number of fused-ring (bicyclic) bond motifs is 1. The number of benzene rings is 1. The van der Waals surface area contributed by atoms with Crippen LogP contribution in [0.5, 0.6) is 0 Å². The Balaban J connectivity index is 1.46. The molecule has 0 saturated carbocycles. The van der Waals surface area contributed by atoms with E-state index in [1.165, 1.54) is 0 Å². The minimum Gasteiger partial charge on any atom is -0.338 e. The third-order valence-corrected chi connectivity index (χ3v) is 5.74. The molecule has 1 N–H and O–H groups in total. The van der Waals surface area contributed by atoms with E-state index in [9.17, 15) is 9.59 Å². The summed E-state index contributed by atoms with van der Waals surface area (Å²) in [6.45, 7) is 3.10. The molecule has 2 aromatic heterocycles. The number of imidazole rings is 1. The molecule has 0 radical (unpaired) electrons. The number of likely N-dealkylation sites (tertiary alicyclic amines) is 1. The Labute approximate surface area is 171 Å². The van der Waals surface area contributed by atoms with Gasteiger partial charge < -0.3 is 10.2 Å². The van der Waals surface area contributed by atoms with Crippen molar-refractivity contribution in [3.8, 4) is 0 Å². The molecule has 2 amide bonds. The maximum atomic E-state index is 12.8. The average molecular weight is 441 g/mol. The lowest BCUT2D eigenvalue weighted by Gasteiger charge is -2.32. The van der Waals surface area contributed by atoms with Crippen LogP contribution in [-0.4, -0.2) is 39.2 Å². The molecule has 3 aromatic rings. The van der Waals surface area contributed by atoms with Gasteiger partial charge in [-0.25, -0.2) is 4.98 Å². The number of aryl methyl sites for hydroxylation is 1. The molecule has 1 unspecified atom stereocenters. The maximum absolute atomic E-state index is 12.8. The number of pyridine rings is 1. The standard InChI is InChI=1S/C21H21BrN4O2/c1-14-6-8-15(9-7-14)21(28)25-10-2-4-16(13-25)20(27)24-18-12-23-19-17(22)5-3-11-26(18)19/h3,5-9,11-12,16H,2,4,10,13H2,1H3,(H,24,27). The number of piperidine rings is 1. The van der Waals surface area contributed by atoms with Crippen molar-refractivity contribution in [1.82, 2.24) is 14.3 Å². The van der Waals surface area contributed by atoms with Crippen molar-refractivity contribution in [2.45, 2.75) is 19.8 Å². The highest BCUT2D eigenvalue weighted by molar-refractivity contribution is 9.10. The second-order valence-corrected chi connectivity index (χ2v) is 7.99. The number of carbonyl (C=O) groups is 2. The van der Waals surface area contributed by atoms with Crippen molar-refractivity contribution in [3.63, 3.8) is 0 Å². The van der Waals surface area contributed by atoms with Gasteiger partial charge in [-0.2, -0.15) is 0 Å². The Bertz CT molecular complexity index is 1030. The highest BCUT2D eigenvalue weighted by atomic mass is 79.9. The number of rotatable bonds is 3. The van der Waals surface area contributed by atoms with Gasteiger partial charge >= 0.3 is 0 Å². The minimum atomic E-state index is -0.235. The zero-order chi connectivity index (χ0) is 19.7. The molecule has 1 atom stereocenters. The van der Waals surface area contributed by atoms with E-state index < -0.39 is 0 Å². The van der Waals surface area contributed by atoms with Crippen LogP contribution in [0, 0.1) is 12.8 Å². The van der Waals surface area contributed by atoms with Gasteiger partial charge in [0.1, 0.15) is 5.82 Å². The topological polar surface area (TPSA) is 66.7 Å². The van der Waals surface area contributed by atoms with E-state index in [1.54, 1.807) is 11.1 Å². The van der Waals surface area contributed by atoms with Crippen molar-refractivity contribution in [2.24, 2.45) is 5.92 Å². The summed E-state index contributed by atoms with van der Waals surface area (Å²) in [5.74, 6) is 0.295. The van der Waals surface area contributed by atoms with Crippen LogP contribution in [0.25, 0.3) is 5.65 Å². The van der Waals surface area contributed by atoms with E-state index in [0.29, 0.717) is 24.5 Å². The van der Waals surface area contributed by atoms with Crippen molar-refractivity contribution < 1.29 is 9.59 Å². The second-order valence-electron chi connectivity index (χ2n) is 7.14. The van der Waals surface area contributed by atoms with Gasteiger partial charge in [0, 0.05) is 24.8 Å². The first-order chi connectivity index (χ1) is 13.5. The molecule has 4 rings (SSSR count). The van der Waals surface area contributed by atoms with Crippen molar-refractivity contribution in [3.05, 3.63) is 64.4 Å². The van der Waals surface area contributed by atoms with Crippen LogP contribution < -0.4 is 5.32 Å². The van der Waals surface area contributed by atoms with E-state index in [2.05, 4.69) is 26.2 Å². The number of nitrogens with one attached hydrogen (secondary N) is 1. The van der Waals surface area contributed by atoms with Gasteiger partial charge in [0.2, 0.25) is 5.91 Å². The van der Waals surface area contributed by atoms with E-state index in [1.807, 2.05) is 53.9 Å². The number of hydrogen-bond donors (Lipinski definition) is 1. The quantitative estimate of drug-likeness (QED) is 0.671. The monoisotopic (exact) mass is 440 g/mol. The molecule has 28 heavy (non-hydrogen) atoms.